The number of nitrogens with one attached hydrogen (secondary N) is 2. The van der Waals surface area contributed by atoms with E-state index in [1.165, 1.54) is 12.1 Å². The Morgan fingerprint density at radius 1 is 1.12 bits per heavy atom. The number of carbonyl (C=O) groups excluding carboxylic acids is 1. The van der Waals surface area contributed by atoms with Crippen LogP contribution in [0.25, 0.3) is 0 Å². The number of fused-ring (bicyclic) bond motifs is 1. The van der Waals surface area contributed by atoms with Crippen LogP contribution in [0, 0.1) is 6.92 Å². The Kier molecular flexibility index (Phi) is 3.85. The molecule has 2 aromatic carbocycles. The lowest BCUT2D eigenvalue weighted by atomic mass is 9.86. The molecule has 1 aliphatic rings. The van der Waals surface area contributed by atoms with E-state index in [9.17, 15) is 13.2 Å². The average molecular weight is 365 g/mol. The number of aryl methyl sites for hydroxylation is 1. The quantitative estimate of drug-likeness (QED) is 0.872. The van der Waals surface area contributed by atoms with E-state index < -0.39 is 15.4 Å². The van der Waals surface area contributed by atoms with Crippen LogP contribution in [-0.2, 0) is 20.2 Å². The number of amides is 1. The first kappa shape index (κ1) is 16.8. The van der Waals surface area contributed by atoms with E-state index >= 15 is 0 Å². The molecular weight excluding hydrogens is 348 g/mol. The van der Waals surface area contributed by atoms with Gasteiger partial charge in [0, 0.05) is 10.7 Å². The van der Waals surface area contributed by atoms with Gasteiger partial charge in [-0.2, -0.15) is 0 Å². The summed E-state index contributed by atoms with van der Waals surface area (Å²) in [5.41, 5.74) is 1.73. The highest BCUT2D eigenvalue weighted by atomic mass is 35.5. The summed E-state index contributed by atoms with van der Waals surface area (Å²) in [4.78, 5) is 12.1. The van der Waals surface area contributed by atoms with Crippen LogP contribution >= 0.6 is 11.6 Å². The molecule has 1 aliphatic heterocycles. The van der Waals surface area contributed by atoms with Crippen molar-refractivity contribution in [3.8, 4) is 0 Å². The van der Waals surface area contributed by atoms with E-state index in [-0.39, 0.29) is 10.8 Å². The van der Waals surface area contributed by atoms with E-state index in [1.54, 1.807) is 45.0 Å². The van der Waals surface area contributed by atoms with Gasteiger partial charge in [0.25, 0.3) is 10.0 Å². The smallest absolute Gasteiger partial charge is 0.261 e. The fourth-order valence-electron chi connectivity index (χ4n) is 2.63. The number of halogens is 1. The lowest BCUT2D eigenvalue weighted by Crippen LogP contribution is -2.27. The topological polar surface area (TPSA) is 75.3 Å². The number of hydrogen-bond donors (Lipinski definition) is 2. The van der Waals surface area contributed by atoms with Crippen molar-refractivity contribution in [1.82, 2.24) is 0 Å². The summed E-state index contributed by atoms with van der Waals surface area (Å²) in [6, 6.07) is 9.63. The Labute approximate surface area is 146 Å². The van der Waals surface area contributed by atoms with Crippen molar-refractivity contribution in [3.05, 3.63) is 52.5 Å². The molecule has 0 aromatic heterocycles. The minimum absolute atomic E-state index is 0.102. The van der Waals surface area contributed by atoms with Crippen LogP contribution in [0.15, 0.2) is 41.3 Å². The van der Waals surface area contributed by atoms with Gasteiger partial charge < -0.3 is 5.32 Å². The van der Waals surface area contributed by atoms with E-state index in [4.69, 9.17) is 11.6 Å². The maximum atomic E-state index is 12.7. The maximum Gasteiger partial charge on any atom is 0.261 e. The summed E-state index contributed by atoms with van der Waals surface area (Å²) in [5.74, 6) is -0.148. The molecule has 0 fully saturated rings. The van der Waals surface area contributed by atoms with Crippen molar-refractivity contribution in [2.75, 3.05) is 10.0 Å². The number of rotatable bonds is 3. The first-order chi connectivity index (χ1) is 11.1. The third kappa shape index (κ3) is 2.76. The summed E-state index contributed by atoms with van der Waals surface area (Å²) < 4.78 is 28.0. The van der Waals surface area contributed by atoms with Gasteiger partial charge in [0.15, 0.2) is 0 Å². The van der Waals surface area contributed by atoms with Crippen LogP contribution in [0.5, 0.6) is 0 Å². The van der Waals surface area contributed by atoms with Gasteiger partial charge >= 0.3 is 0 Å². The standard InChI is InChI=1S/C17H17ClN2O3S/c1-10-4-5-11(18)8-15(10)20-24(22,23)12-6-7-14-13(9-12)17(2,3)16(21)19-14/h4-9,20H,1-3H3,(H,19,21). The first-order valence-corrected chi connectivity index (χ1v) is 9.22. The highest BCUT2D eigenvalue weighted by molar-refractivity contribution is 7.92. The second kappa shape index (κ2) is 5.50. The van der Waals surface area contributed by atoms with Gasteiger partial charge in [0.2, 0.25) is 5.91 Å². The van der Waals surface area contributed by atoms with Crippen molar-refractivity contribution >= 4 is 38.9 Å². The third-order valence-electron chi connectivity index (χ3n) is 4.23. The molecule has 0 saturated heterocycles. The second-order valence-corrected chi connectivity index (χ2v) is 8.47. The van der Waals surface area contributed by atoms with Crippen molar-refractivity contribution in [2.24, 2.45) is 0 Å². The SMILES string of the molecule is Cc1ccc(Cl)cc1NS(=O)(=O)c1ccc2c(c1)C(C)(C)C(=O)N2. The molecule has 24 heavy (non-hydrogen) atoms. The maximum absolute atomic E-state index is 12.7. The minimum Gasteiger partial charge on any atom is -0.325 e. The lowest BCUT2D eigenvalue weighted by molar-refractivity contribution is -0.119. The van der Waals surface area contributed by atoms with Crippen LogP contribution in [0.4, 0.5) is 11.4 Å². The summed E-state index contributed by atoms with van der Waals surface area (Å²) in [7, 11) is -3.79. The number of benzene rings is 2. The summed E-state index contributed by atoms with van der Waals surface area (Å²) in [6.07, 6.45) is 0. The molecule has 1 heterocycles. The monoisotopic (exact) mass is 364 g/mol. The van der Waals surface area contributed by atoms with Gasteiger partial charge in [-0.1, -0.05) is 17.7 Å². The van der Waals surface area contributed by atoms with Gasteiger partial charge in [0.05, 0.1) is 16.0 Å². The van der Waals surface area contributed by atoms with Crippen LogP contribution in [0.3, 0.4) is 0 Å². The molecule has 0 saturated carbocycles. The number of anilines is 2. The average Bonchev–Trinajstić information content (AvgIpc) is 2.72. The molecule has 2 aromatic rings. The number of carbonyl (C=O) groups is 1. The Morgan fingerprint density at radius 3 is 2.54 bits per heavy atom. The van der Waals surface area contributed by atoms with Crippen LogP contribution in [-0.4, -0.2) is 14.3 Å². The van der Waals surface area contributed by atoms with Crippen LogP contribution < -0.4 is 10.0 Å². The van der Waals surface area contributed by atoms with E-state index in [1.807, 2.05) is 0 Å². The van der Waals surface area contributed by atoms with Crippen molar-refractivity contribution < 1.29 is 13.2 Å². The Hall–Kier alpha value is -2.05. The zero-order valence-electron chi connectivity index (χ0n) is 13.5. The summed E-state index contributed by atoms with van der Waals surface area (Å²) in [6.45, 7) is 5.32. The van der Waals surface area contributed by atoms with Crippen LogP contribution in [0.1, 0.15) is 25.0 Å². The highest BCUT2D eigenvalue weighted by Crippen LogP contribution is 2.38. The molecule has 5 nitrogen and oxygen atoms in total. The number of sulfonamides is 1. The predicted molar refractivity (Wildman–Crippen MR) is 95.1 cm³/mol. The predicted octanol–water partition coefficient (Wildman–Crippen LogP) is 3.68. The van der Waals surface area contributed by atoms with Gasteiger partial charge in [-0.25, -0.2) is 8.42 Å². The molecular formula is C17H17ClN2O3S. The fraction of sp³-hybridized carbons (Fsp3) is 0.235. The van der Waals surface area contributed by atoms with Crippen LogP contribution in [0.2, 0.25) is 5.02 Å². The first-order valence-electron chi connectivity index (χ1n) is 7.36. The van der Waals surface area contributed by atoms with Gasteiger partial charge in [-0.15, -0.1) is 0 Å². The van der Waals surface area contributed by atoms with E-state index in [2.05, 4.69) is 10.0 Å². The molecule has 7 heteroatoms. The van der Waals surface area contributed by atoms with Gasteiger partial charge in [-0.05, 0) is 62.2 Å². The van der Waals surface area contributed by atoms with Crippen molar-refractivity contribution in [3.63, 3.8) is 0 Å². The molecule has 0 radical (unpaired) electrons. The van der Waals surface area contributed by atoms with Crippen molar-refractivity contribution in [1.29, 1.82) is 0 Å². The molecule has 2 N–H and O–H groups in total. The summed E-state index contributed by atoms with van der Waals surface area (Å²) >= 11 is 5.94. The van der Waals surface area contributed by atoms with E-state index in [0.29, 0.717) is 22.0 Å². The van der Waals surface area contributed by atoms with Crippen molar-refractivity contribution in [2.45, 2.75) is 31.1 Å². The Morgan fingerprint density at radius 2 is 1.83 bits per heavy atom. The van der Waals surface area contributed by atoms with Gasteiger partial charge in [0.1, 0.15) is 0 Å². The third-order valence-corrected chi connectivity index (χ3v) is 5.83. The molecule has 0 atom stereocenters. The largest absolute Gasteiger partial charge is 0.325 e. The minimum atomic E-state index is -3.79. The zero-order chi connectivity index (χ0) is 17.7. The molecule has 3 rings (SSSR count). The highest BCUT2D eigenvalue weighted by Gasteiger charge is 2.39. The number of hydrogen-bond acceptors (Lipinski definition) is 3. The normalized spacial score (nSPS) is 15.8. The Bertz CT molecular complexity index is 952. The molecule has 0 bridgehead atoms. The van der Waals surface area contributed by atoms with E-state index in [0.717, 1.165) is 5.56 Å². The van der Waals surface area contributed by atoms with Gasteiger partial charge in [-0.3, -0.25) is 9.52 Å². The molecule has 126 valence electrons. The summed E-state index contributed by atoms with van der Waals surface area (Å²) in [5, 5.41) is 3.21. The lowest BCUT2D eigenvalue weighted by Gasteiger charge is -2.16. The molecule has 0 spiro atoms. The zero-order valence-corrected chi connectivity index (χ0v) is 15.0. The molecule has 1 amide bonds. The molecule has 0 aliphatic carbocycles. The second-order valence-electron chi connectivity index (χ2n) is 6.35. The Balaban J connectivity index is 2.02. The fourth-order valence-corrected chi connectivity index (χ4v) is 3.94. The molecule has 0 unspecified atom stereocenters.